The van der Waals surface area contributed by atoms with Crippen molar-refractivity contribution in [1.82, 2.24) is 15.1 Å². The van der Waals surface area contributed by atoms with Crippen LogP contribution in [-0.4, -0.2) is 66.7 Å². The molecular weight excluding hydrogens is 234 g/mol. The predicted molar refractivity (Wildman–Crippen MR) is 70.6 cm³/mol. The number of aliphatic carboxylic acids is 1. The van der Waals surface area contributed by atoms with E-state index in [4.69, 9.17) is 5.11 Å². The number of hydrogen-bond acceptors (Lipinski definition) is 3. The van der Waals surface area contributed by atoms with Gasteiger partial charge in [-0.15, -0.1) is 0 Å². The van der Waals surface area contributed by atoms with Gasteiger partial charge in [0.25, 0.3) is 0 Å². The van der Waals surface area contributed by atoms with Crippen LogP contribution in [0.2, 0.25) is 0 Å². The molecule has 0 aromatic rings. The first-order valence-electron chi connectivity index (χ1n) is 6.07. The molecule has 0 bridgehead atoms. The lowest BCUT2D eigenvalue weighted by Crippen LogP contribution is -2.52. The number of urea groups is 1. The first-order valence-corrected chi connectivity index (χ1v) is 6.07. The number of carboxylic acids is 1. The molecule has 0 aliphatic carbocycles. The minimum absolute atomic E-state index is 0.00375. The summed E-state index contributed by atoms with van der Waals surface area (Å²) in [6.45, 7) is 6.25. The molecule has 0 saturated heterocycles. The van der Waals surface area contributed by atoms with E-state index in [1.165, 1.54) is 18.9 Å². The van der Waals surface area contributed by atoms with Crippen molar-refractivity contribution in [2.45, 2.75) is 32.9 Å². The van der Waals surface area contributed by atoms with E-state index in [1.54, 1.807) is 0 Å². The summed E-state index contributed by atoms with van der Waals surface area (Å²) < 4.78 is 0. The predicted octanol–water partition coefficient (Wildman–Crippen LogP) is 0.687. The minimum Gasteiger partial charge on any atom is -0.480 e. The molecule has 0 aromatic carbocycles. The highest BCUT2D eigenvalue weighted by Gasteiger charge is 2.24. The number of hydrogen-bond donors (Lipinski definition) is 2. The number of carboxylic acid groups (broad SMARTS) is 1. The summed E-state index contributed by atoms with van der Waals surface area (Å²) in [4.78, 5) is 25.9. The lowest BCUT2D eigenvalue weighted by molar-refractivity contribution is -0.141. The molecule has 2 unspecified atom stereocenters. The molecule has 106 valence electrons. The Labute approximate surface area is 109 Å². The van der Waals surface area contributed by atoms with Crippen LogP contribution in [0.15, 0.2) is 0 Å². The first kappa shape index (κ1) is 16.7. The van der Waals surface area contributed by atoms with Crippen molar-refractivity contribution in [2.24, 2.45) is 5.92 Å². The zero-order chi connectivity index (χ0) is 14.5. The minimum atomic E-state index is -1.01. The number of nitrogens with zero attached hydrogens (tertiary/aromatic N) is 2. The van der Waals surface area contributed by atoms with Gasteiger partial charge in [0.2, 0.25) is 0 Å². The molecule has 6 nitrogen and oxygen atoms in total. The normalized spacial score (nSPS) is 14.4. The summed E-state index contributed by atoms with van der Waals surface area (Å²) in [5.74, 6) is -0.730. The third-order valence-corrected chi connectivity index (χ3v) is 2.93. The maximum atomic E-state index is 11.9. The molecule has 0 saturated carbocycles. The van der Waals surface area contributed by atoms with E-state index in [2.05, 4.69) is 5.32 Å². The van der Waals surface area contributed by atoms with E-state index in [0.29, 0.717) is 0 Å². The van der Waals surface area contributed by atoms with Crippen molar-refractivity contribution in [2.75, 3.05) is 27.7 Å². The van der Waals surface area contributed by atoms with Crippen molar-refractivity contribution in [3.63, 3.8) is 0 Å². The fraction of sp³-hybridized carbons (Fsp3) is 0.833. The van der Waals surface area contributed by atoms with Crippen LogP contribution in [0.3, 0.4) is 0 Å². The Hall–Kier alpha value is -1.30. The molecule has 0 radical (unpaired) electrons. The molecule has 6 heteroatoms. The standard InChI is InChI=1S/C12H25N3O3/c1-8(2)10(7-14(4)5)13-12(18)15(6)9(3)11(16)17/h8-10H,7H2,1-6H3,(H,13,18)(H,16,17). The van der Waals surface area contributed by atoms with Gasteiger partial charge in [-0.3, -0.25) is 0 Å². The van der Waals surface area contributed by atoms with Crippen molar-refractivity contribution >= 4 is 12.0 Å². The monoisotopic (exact) mass is 259 g/mol. The number of carbonyl (C=O) groups excluding carboxylic acids is 1. The molecule has 0 fully saturated rings. The second-order valence-corrected chi connectivity index (χ2v) is 5.19. The lowest BCUT2D eigenvalue weighted by Gasteiger charge is -2.29. The van der Waals surface area contributed by atoms with E-state index < -0.39 is 12.0 Å². The van der Waals surface area contributed by atoms with Crippen LogP contribution in [-0.2, 0) is 4.79 Å². The fourth-order valence-electron chi connectivity index (χ4n) is 1.42. The van der Waals surface area contributed by atoms with E-state index in [9.17, 15) is 9.59 Å². The van der Waals surface area contributed by atoms with Gasteiger partial charge in [-0.1, -0.05) is 13.8 Å². The van der Waals surface area contributed by atoms with Crippen LogP contribution in [0.25, 0.3) is 0 Å². The third-order valence-electron chi connectivity index (χ3n) is 2.93. The molecule has 2 atom stereocenters. The van der Waals surface area contributed by atoms with E-state index in [-0.39, 0.29) is 18.0 Å². The summed E-state index contributed by atoms with van der Waals surface area (Å²) in [5.41, 5.74) is 0. The highest BCUT2D eigenvalue weighted by molar-refractivity contribution is 5.82. The third kappa shape index (κ3) is 5.35. The lowest BCUT2D eigenvalue weighted by atomic mass is 10.0. The van der Waals surface area contributed by atoms with Crippen LogP contribution in [0, 0.1) is 5.92 Å². The molecule has 0 rings (SSSR count). The van der Waals surface area contributed by atoms with Gasteiger partial charge in [0, 0.05) is 19.6 Å². The van der Waals surface area contributed by atoms with Crippen LogP contribution in [0.4, 0.5) is 4.79 Å². The summed E-state index contributed by atoms with van der Waals surface area (Å²) in [6, 6.07) is -1.20. The number of likely N-dealkylation sites (N-methyl/N-ethyl adjacent to an activating group) is 2. The topological polar surface area (TPSA) is 72.9 Å². The molecule has 0 aromatic heterocycles. The van der Waals surface area contributed by atoms with E-state index in [0.717, 1.165) is 6.54 Å². The average molecular weight is 259 g/mol. The van der Waals surface area contributed by atoms with Gasteiger partial charge >= 0.3 is 12.0 Å². The van der Waals surface area contributed by atoms with Crippen molar-refractivity contribution in [3.8, 4) is 0 Å². The highest BCUT2D eigenvalue weighted by atomic mass is 16.4. The van der Waals surface area contributed by atoms with Crippen molar-refractivity contribution < 1.29 is 14.7 Å². The Morgan fingerprint density at radius 2 is 1.67 bits per heavy atom. The van der Waals surface area contributed by atoms with Gasteiger partial charge in [0.05, 0.1) is 0 Å². The van der Waals surface area contributed by atoms with Gasteiger partial charge in [-0.2, -0.15) is 0 Å². The number of rotatable bonds is 6. The van der Waals surface area contributed by atoms with E-state index in [1.807, 2.05) is 32.8 Å². The highest BCUT2D eigenvalue weighted by Crippen LogP contribution is 2.05. The molecule has 0 heterocycles. The maximum Gasteiger partial charge on any atom is 0.326 e. The summed E-state index contributed by atoms with van der Waals surface area (Å²) in [5, 5.41) is 11.7. The van der Waals surface area contributed by atoms with Gasteiger partial charge in [0.15, 0.2) is 0 Å². The second-order valence-electron chi connectivity index (χ2n) is 5.19. The summed E-state index contributed by atoms with van der Waals surface area (Å²) in [7, 11) is 5.36. The van der Waals surface area contributed by atoms with Crippen LogP contribution < -0.4 is 5.32 Å². The smallest absolute Gasteiger partial charge is 0.326 e. The Bertz CT molecular complexity index is 292. The summed E-state index contributed by atoms with van der Waals surface area (Å²) in [6.07, 6.45) is 0. The van der Waals surface area contributed by atoms with Gasteiger partial charge in [0.1, 0.15) is 6.04 Å². The number of carbonyl (C=O) groups is 2. The van der Waals surface area contributed by atoms with Crippen LogP contribution >= 0.6 is 0 Å². The maximum absolute atomic E-state index is 11.9. The molecule has 0 aliphatic rings. The Balaban J connectivity index is 4.55. The Kier molecular flexibility index (Phi) is 6.68. The molecular formula is C12H25N3O3. The van der Waals surface area contributed by atoms with Crippen LogP contribution in [0.1, 0.15) is 20.8 Å². The zero-order valence-corrected chi connectivity index (χ0v) is 12.1. The SMILES string of the molecule is CC(C)C(CN(C)C)NC(=O)N(C)C(C)C(=O)O. The Morgan fingerprint density at radius 3 is 2.00 bits per heavy atom. The quantitative estimate of drug-likeness (QED) is 0.736. The van der Waals surface area contributed by atoms with Gasteiger partial charge in [-0.05, 0) is 26.9 Å². The number of amides is 2. The Morgan fingerprint density at radius 1 is 1.17 bits per heavy atom. The molecule has 2 N–H and O–H groups in total. The molecule has 2 amide bonds. The van der Waals surface area contributed by atoms with Gasteiger partial charge < -0.3 is 20.2 Å². The van der Waals surface area contributed by atoms with Crippen molar-refractivity contribution in [3.05, 3.63) is 0 Å². The van der Waals surface area contributed by atoms with Crippen LogP contribution in [0.5, 0.6) is 0 Å². The largest absolute Gasteiger partial charge is 0.480 e. The van der Waals surface area contributed by atoms with Crippen molar-refractivity contribution in [1.29, 1.82) is 0 Å². The fourth-order valence-corrected chi connectivity index (χ4v) is 1.42. The molecule has 0 spiro atoms. The number of nitrogens with one attached hydrogen (secondary N) is 1. The summed E-state index contributed by atoms with van der Waals surface area (Å²) >= 11 is 0. The second kappa shape index (κ2) is 7.20. The average Bonchev–Trinajstić information content (AvgIpc) is 2.24. The molecule has 0 aliphatic heterocycles. The first-order chi connectivity index (χ1) is 8.16. The van der Waals surface area contributed by atoms with E-state index >= 15 is 0 Å². The zero-order valence-electron chi connectivity index (χ0n) is 12.1. The van der Waals surface area contributed by atoms with Gasteiger partial charge in [-0.25, -0.2) is 9.59 Å². The molecule has 18 heavy (non-hydrogen) atoms.